The van der Waals surface area contributed by atoms with Gasteiger partial charge < -0.3 is 10.2 Å². The zero-order valence-electron chi connectivity index (χ0n) is 15.5. The van der Waals surface area contributed by atoms with Crippen molar-refractivity contribution in [1.29, 1.82) is 0 Å². The lowest BCUT2D eigenvalue weighted by Crippen LogP contribution is -2.41. The van der Waals surface area contributed by atoms with Crippen molar-refractivity contribution in [2.24, 2.45) is 7.05 Å². The number of rotatable bonds is 4. The summed E-state index contributed by atoms with van der Waals surface area (Å²) in [5, 5.41) is 8.62. The van der Waals surface area contributed by atoms with Gasteiger partial charge in [-0.2, -0.15) is 5.10 Å². The van der Waals surface area contributed by atoms with Crippen molar-refractivity contribution < 1.29 is 4.79 Å². The molecule has 144 valence electrons. The average Bonchev–Trinajstić information content (AvgIpc) is 3.36. The molecule has 2 amide bonds. The number of nitrogens with zero attached hydrogens (tertiary/aromatic N) is 3. The van der Waals surface area contributed by atoms with Gasteiger partial charge in [0.1, 0.15) is 0 Å². The Hall–Kier alpha value is -1.72. The fourth-order valence-corrected chi connectivity index (χ4v) is 4.64. The Morgan fingerprint density at radius 3 is 2.74 bits per heavy atom. The summed E-state index contributed by atoms with van der Waals surface area (Å²) in [6.45, 7) is 0.557. The molecule has 2 aromatic rings. The first-order chi connectivity index (χ1) is 13.0. The van der Waals surface area contributed by atoms with Crippen LogP contribution >= 0.6 is 23.2 Å². The molecule has 1 aromatic heterocycles. The van der Waals surface area contributed by atoms with Gasteiger partial charge in [0.15, 0.2) is 0 Å². The largest absolute Gasteiger partial charge is 0.322 e. The zero-order chi connectivity index (χ0) is 19.0. The Morgan fingerprint density at radius 1 is 1.22 bits per heavy atom. The van der Waals surface area contributed by atoms with E-state index in [2.05, 4.69) is 5.32 Å². The molecule has 0 radical (unpaired) electrons. The smallest absolute Gasteiger partial charge is 0.316 e. The van der Waals surface area contributed by atoms with Gasteiger partial charge in [-0.25, -0.2) is 4.79 Å². The Morgan fingerprint density at radius 2 is 2.00 bits per heavy atom. The minimum atomic E-state index is -0.0994. The highest BCUT2D eigenvalue weighted by Gasteiger charge is 2.30. The number of carbonyl (C=O) groups excluding carboxylic acids is 1. The molecule has 0 bridgehead atoms. The first-order valence-corrected chi connectivity index (χ1v) is 10.3. The Bertz CT molecular complexity index is 858. The molecular weight excluding hydrogens is 383 g/mol. The van der Waals surface area contributed by atoms with E-state index in [9.17, 15) is 4.79 Å². The van der Waals surface area contributed by atoms with Gasteiger partial charge in [0.05, 0.1) is 22.3 Å². The maximum Gasteiger partial charge on any atom is 0.322 e. The summed E-state index contributed by atoms with van der Waals surface area (Å²) in [5.41, 5.74) is 4.36. The molecule has 1 fully saturated rings. The van der Waals surface area contributed by atoms with Gasteiger partial charge in [-0.05, 0) is 55.9 Å². The Balaban J connectivity index is 1.56. The van der Waals surface area contributed by atoms with E-state index in [1.807, 2.05) is 16.6 Å². The summed E-state index contributed by atoms with van der Waals surface area (Å²) >= 11 is 12.1. The van der Waals surface area contributed by atoms with Crippen LogP contribution in [0.5, 0.6) is 0 Å². The third-order valence-electron chi connectivity index (χ3n) is 5.72. The summed E-state index contributed by atoms with van der Waals surface area (Å²) in [7, 11) is 2.00. The minimum Gasteiger partial charge on any atom is -0.316 e. The summed E-state index contributed by atoms with van der Waals surface area (Å²) in [6, 6.07) is 5.32. The third kappa shape index (κ3) is 3.81. The van der Waals surface area contributed by atoms with Crippen LogP contribution in [0.3, 0.4) is 0 Å². The molecule has 5 nitrogen and oxygen atoms in total. The van der Waals surface area contributed by atoms with Gasteiger partial charge in [-0.15, -0.1) is 0 Å². The number of benzene rings is 1. The van der Waals surface area contributed by atoms with Crippen LogP contribution in [0.1, 0.15) is 49.1 Å². The molecule has 1 N–H and O–H groups in total. The van der Waals surface area contributed by atoms with Crippen molar-refractivity contribution in [1.82, 2.24) is 14.7 Å². The van der Waals surface area contributed by atoms with Crippen LogP contribution < -0.4 is 5.32 Å². The highest BCUT2D eigenvalue weighted by atomic mass is 35.5. The van der Waals surface area contributed by atoms with E-state index in [1.165, 1.54) is 30.5 Å². The maximum atomic E-state index is 13.1. The van der Waals surface area contributed by atoms with E-state index in [-0.39, 0.29) is 12.1 Å². The van der Waals surface area contributed by atoms with E-state index in [1.54, 1.807) is 18.2 Å². The third-order valence-corrected chi connectivity index (χ3v) is 6.45. The summed E-state index contributed by atoms with van der Waals surface area (Å²) in [4.78, 5) is 15.1. The second-order valence-electron chi connectivity index (χ2n) is 7.47. The molecule has 1 saturated carbocycles. The van der Waals surface area contributed by atoms with Gasteiger partial charge >= 0.3 is 6.03 Å². The molecule has 7 heteroatoms. The van der Waals surface area contributed by atoms with Gasteiger partial charge in [0.25, 0.3) is 0 Å². The molecule has 0 spiro atoms. The quantitative estimate of drug-likeness (QED) is 0.758. The molecule has 0 aliphatic heterocycles. The van der Waals surface area contributed by atoms with Crippen LogP contribution in [-0.4, -0.2) is 26.8 Å². The van der Waals surface area contributed by atoms with Gasteiger partial charge in [-0.3, -0.25) is 4.68 Å². The van der Waals surface area contributed by atoms with Gasteiger partial charge in [0.2, 0.25) is 0 Å². The van der Waals surface area contributed by atoms with Gasteiger partial charge in [0, 0.05) is 24.5 Å². The molecule has 0 unspecified atom stereocenters. The molecule has 1 aromatic carbocycles. The van der Waals surface area contributed by atoms with Crippen molar-refractivity contribution in [3.8, 4) is 0 Å². The molecule has 0 atom stereocenters. The number of amides is 2. The number of nitrogens with one attached hydrogen (secondary N) is 1. The van der Waals surface area contributed by atoms with E-state index in [4.69, 9.17) is 28.3 Å². The van der Waals surface area contributed by atoms with Crippen LogP contribution in [0, 0.1) is 0 Å². The number of anilines is 1. The number of hydrogen-bond donors (Lipinski definition) is 1. The number of hydrogen-bond acceptors (Lipinski definition) is 2. The molecule has 0 saturated heterocycles. The number of aromatic nitrogens is 2. The normalized spacial score (nSPS) is 16.6. The molecule has 2 aliphatic carbocycles. The standard InChI is InChI=1S/C20H24Cl2N4O/c1-25-19-8-4-7-15(19)18(24-25)12-26(14-5-2-3-6-14)20(27)23-13-9-10-16(21)17(22)11-13/h9-11,14H,2-8,12H2,1H3,(H,23,27). The molecule has 27 heavy (non-hydrogen) atoms. The predicted octanol–water partition coefficient (Wildman–Crippen LogP) is 5.19. The van der Waals surface area contributed by atoms with Crippen LogP contribution in [-0.2, 0) is 26.4 Å². The number of aryl methyl sites for hydroxylation is 1. The van der Waals surface area contributed by atoms with Crippen molar-refractivity contribution in [2.45, 2.75) is 57.5 Å². The monoisotopic (exact) mass is 406 g/mol. The summed E-state index contributed by atoms with van der Waals surface area (Å²) < 4.78 is 1.99. The Kier molecular flexibility index (Phi) is 5.33. The lowest BCUT2D eigenvalue weighted by Gasteiger charge is -2.29. The average molecular weight is 407 g/mol. The lowest BCUT2D eigenvalue weighted by molar-refractivity contribution is 0.183. The van der Waals surface area contributed by atoms with Crippen molar-refractivity contribution in [2.75, 3.05) is 5.32 Å². The van der Waals surface area contributed by atoms with E-state index in [0.717, 1.165) is 31.4 Å². The van der Waals surface area contributed by atoms with Crippen LogP contribution in [0.4, 0.5) is 10.5 Å². The SMILES string of the molecule is Cn1nc(CN(C(=O)Nc2ccc(Cl)c(Cl)c2)C2CCCC2)c2c1CCC2. The highest BCUT2D eigenvalue weighted by Crippen LogP contribution is 2.30. The van der Waals surface area contributed by atoms with Crippen molar-refractivity contribution >= 4 is 34.9 Å². The Labute approximate surface area is 169 Å². The van der Waals surface area contributed by atoms with Crippen molar-refractivity contribution in [3.63, 3.8) is 0 Å². The lowest BCUT2D eigenvalue weighted by atomic mass is 10.1. The van der Waals surface area contributed by atoms with Crippen LogP contribution in [0.25, 0.3) is 0 Å². The van der Waals surface area contributed by atoms with Gasteiger partial charge in [-0.1, -0.05) is 36.0 Å². The number of fused-ring (bicyclic) bond motifs is 1. The van der Waals surface area contributed by atoms with E-state index >= 15 is 0 Å². The topological polar surface area (TPSA) is 50.2 Å². The molecule has 1 heterocycles. The first-order valence-electron chi connectivity index (χ1n) is 9.59. The van der Waals surface area contributed by atoms with E-state index < -0.39 is 0 Å². The summed E-state index contributed by atoms with van der Waals surface area (Å²) in [6.07, 6.45) is 7.74. The molecule has 2 aliphatic rings. The zero-order valence-corrected chi connectivity index (χ0v) is 17.0. The number of carbonyl (C=O) groups is 1. The summed E-state index contributed by atoms with van der Waals surface area (Å²) in [5.74, 6) is 0. The molecular formula is C20H24Cl2N4O. The molecule has 4 rings (SSSR count). The van der Waals surface area contributed by atoms with Crippen LogP contribution in [0.15, 0.2) is 18.2 Å². The predicted molar refractivity (Wildman–Crippen MR) is 109 cm³/mol. The number of halogens is 2. The first kappa shape index (κ1) is 18.6. The maximum absolute atomic E-state index is 13.1. The highest BCUT2D eigenvalue weighted by molar-refractivity contribution is 6.42. The minimum absolute atomic E-state index is 0.0994. The van der Waals surface area contributed by atoms with E-state index in [0.29, 0.717) is 22.3 Å². The fourth-order valence-electron chi connectivity index (χ4n) is 4.34. The second kappa shape index (κ2) is 7.72. The number of urea groups is 1. The fraction of sp³-hybridized carbons (Fsp3) is 0.500. The van der Waals surface area contributed by atoms with Crippen molar-refractivity contribution in [3.05, 3.63) is 45.2 Å². The van der Waals surface area contributed by atoms with Crippen LogP contribution in [0.2, 0.25) is 10.0 Å². The second-order valence-corrected chi connectivity index (χ2v) is 8.29.